The van der Waals surface area contributed by atoms with Crippen molar-refractivity contribution in [2.45, 2.75) is 31.7 Å². The number of methoxy groups -OCH3 is 1. The molecule has 0 aromatic heterocycles. The van der Waals surface area contributed by atoms with Crippen LogP contribution in [-0.4, -0.2) is 36.2 Å². The van der Waals surface area contributed by atoms with E-state index in [9.17, 15) is 4.79 Å². The predicted molar refractivity (Wildman–Crippen MR) is 81.1 cm³/mol. The summed E-state index contributed by atoms with van der Waals surface area (Å²) in [4.78, 5) is 13.0. The van der Waals surface area contributed by atoms with Gasteiger partial charge in [0.25, 0.3) is 0 Å². The van der Waals surface area contributed by atoms with Gasteiger partial charge in [0.15, 0.2) is 0 Å². The van der Waals surface area contributed by atoms with Crippen LogP contribution < -0.4 is 4.74 Å². The summed E-state index contributed by atoms with van der Waals surface area (Å²) in [6.07, 6.45) is 3.17. The fourth-order valence-corrected chi connectivity index (χ4v) is 3.22. The van der Waals surface area contributed by atoms with Crippen LogP contribution in [-0.2, 0) is 4.79 Å². The second kappa shape index (κ2) is 7.09. The Bertz CT molecular complexity index is 478. The molecule has 1 aliphatic rings. The van der Waals surface area contributed by atoms with Crippen molar-refractivity contribution in [2.24, 2.45) is 0 Å². The van der Waals surface area contributed by atoms with Gasteiger partial charge in [0.2, 0.25) is 0 Å². The maximum absolute atomic E-state index is 10.6. The summed E-state index contributed by atoms with van der Waals surface area (Å²) in [5, 5.41) is 8.74. The van der Waals surface area contributed by atoms with E-state index < -0.39 is 5.97 Å². The summed E-state index contributed by atoms with van der Waals surface area (Å²) >= 11 is 3.51. The molecule has 0 aliphatic carbocycles. The SMILES string of the molecule is COc1ccc(Br)cc1C1CCCN1CCCC(=O)O. The third-order valence-corrected chi connectivity index (χ3v) is 4.24. The standard InChI is InChI=1S/C15H20BrNO3/c1-20-14-7-6-11(16)10-12(14)13-4-2-8-17(13)9-3-5-15(18)19/h6-7,10,13H,2-5,8-9H2,1H3,(H,18,19). The molecule has 1 aliphatic heterocycles. The molecule has 4 nitrogen and oxygen atoms in total. The number of rotatable bonds is 6. The van der Waals surface area contributed by atoms with Crippen LogP contribution in [0.4, 0.5) is 0 Å². The molecule has 20 heavy (non-hydrogen) atoms. The van der Waals surface area contributed by atoms with E-state index in [0.29, 0.717) is 12.5 Å². The molecule has 110 valence electrons. The number of nitrogens with zero attached hydrogens (tertiary/aromatic N) is 1. The van der Waals surface area contributed by atoms with Crippen LogP contribution in [0.25, 0.3) is 0 Å². The minimum absolute atomic E-state index is 0.235. The molecular weight excluding hydrogens is 322 g/mol. The van der Waals surface area contributed by atoms with E-state index in [4.69, 9.17) is 9.84 Å². The average Bonchev–Trinajstić information content (AvgIpc) is 2.86. The third kappa shape index (κ3) is 3.73. The lowest BCUT2D eigenvalue weighted by Gasteiger charge is -2.26. The van der Waals surface area contributed by atoms with E-state index in [-0.39, 0.29) is 6.42 Å². The Balaban J connectivity index is 2.10. The van der Waals surface area contributed by atoms with Gasteiger partial charge in [-0.15, -0.1) is 0 Å². The molecule has 1 aromatic carbocycles. The first-order valence-corrected chi connectivity index (χ1v) is 7.70. The Kier molecular flexibility index (Phi) is 5.43. The molecule has 2 rings (SSSR count). The molecule has 0 saturated carbocycles. The first kappa shape index (κ1) is 15.3. The van der Waals surface area contributed by atoms with E-state index in [2.05, 4.69) is 26.9 Å². The Morgan fingerprint density at radius 2 is 2.35 bits per heavy atom. The van der Waals surface area contributed by atoms with Crippen LogP contribution in [0.1, 0.15) is 37.3 Å². The largest absolute Gasteiger partial charge is 0.496 e. The number of hydrogen-bond donors (Lipinski definition) is 1. The first-order chi connectivity index (χ1) is 9.61. The smallest absolute Gasteiger partial charge is 0.303 e. The monoisotopic (exact) mass is 341 g/mol. The summed E-state index contributed by atoms with van der Waals surface area (Å²) < 4.78 is 6.51. The fourth-order valence-electron chi connectivity index (χ4n) is 2.84. The summed E-state index contributed by atoms with van der Waals surface area (Å²) in [7, 11) is 1.69. The highest BCUT2D eigenvalue weighted by Gasteiger charge is 2.28. The lowest BCUT2D eigenvalue weighted by atomic mass is 10.0. The number of benzene rings is 1. The molecule has 1 atom stereocenters. The number of hydrogen-bond acceptors (Lipinski definition) is 3. The quantitative estimate of drug-likeness (QED) is 0.860. The van der Waals surface area contributed by atoms with Crippen LogP contribution in [0, 0.1) is 0 Å². The number of halogens is 1. The zero-order valence-electron chi connectivity index (χ0n) is 11.6. The summed E-state index contributed by atoms with van der Waals surface area (Å²) in [6.45, 7) is 1.85. The highest BCUT2D eigenvalue weighted by atomic mass is 79.9. The summed E-state index contributed by atoms with van der Waals surface area (Å²) in [6, 6.07) is 6.40. The van der Waals surface area contributed by atoms with E-state index in [0.717, 1.165) is 36.2 Å². The van der Waals surface area contributed by atoms with Gasteiger partial charge in [-0.3, -0.25) is 9.69 Å². The highest BCUT2D eigenvalue weighted by molar-refractivity contribution is 9.10. The second-order valence-electron chi connectivity index (χ2n) is 5.08. The molecule has 0 radical (unpaired) electrons. The zero-order chi connectivity index (χ0) is 14.5. The number of aliphatic carboxylic acids is 1. The number of carbonyl (C=O) groups is 1. The predicted octanol–water partition coefficient (Wildman–Crippen LogP) is 3.46. The van der Waals surface area contributed by atoms with Crippen LogP contribution in [0.2, 0.25) is 0 Å². The summed E-state index contributed by atoms with van der Waals surface area (Å²) in [5.74, 6) is 0.184. The van der Waals surface area contributed by atoms with Gasteiger partial charge < -0.3 is 9.84 Å². The molecule has 1 saturated heterocycles. The van der Waals surface area contributed by atoms with E-state index in [1.165, 1.54) is 5.56 Å². The van der Waals surface area contributed by atoms with Crippen molar-refractivity contribution in [1.82, 2.24) is 4.90 Å². The van der Waals surface area contributed by atoms with Gasteiger partial charge in [-0.05, 0) is 50.6 Å². The zero-order valence-corrected chi connectivity index (χ0v) is 13.2. The molecule has 1 aromatic rings. The Morgan fingerprint density at radius 1 is 1.55 bits per heavy atom. The van der Waals surface area contributed by atoms with E-state index in [1.807, 2.05) is 12.1 Å². The molecule has 1 N–H and O–H groups in total. The number of likely N-dealkylation sites (tertiary alicyclic amines) is 1. The van der Waals surface area contributed by atoms with Gasteiger partial charge >= 0.3 is 5.97 Å². The van der Waals surface area contributed by atoms with Gasteiger partial charge in [-0.2, -0.15) is 0 Å². The van der Waals surface area contributed by atoms with Crippen LogP contribution in [0.5, 0.6) is 5.75 Å². The van der Waals surface area contributed by atoms with Crippen molar-refractivity contribution in [1.29, 1.82) is 0 Å². The van der Waals surface area contributed by atoms with Crippen LogP contribution in [0.3, 0.4) is 0 Å². The van der Waals surface area contributed by atoms with Crippen molar-refractivity contribution in [2.75, 3.05) is 20.2 Å². The average molecular weight is 342 g/mol. The molecular formula is C15H20BrNO3. The lowest BCUT2D eigenvalue weighted by molar-refractivity contribution is -0.137. The molecule has 1 fully saturated rings. The molecule has 1 heterocycles. The minimum Gasteiger partial charge on any atom is -0.496 e. The van der Waals surface area contributed by atoms with Gasteiger partial charge in [-0.25, -0.2) is 0 Å². The first-order valence-electron chi connectivity index (χ1n) is 6.91. The number of carboxylic acid groups (broad SMARTS) is 1. The van der Waals surface area contributed by atoms with Crippen molar-refractivity contribution in [3.63, 3.8) is 0 Å². The lowest BCUT2D eigenvalue weighted by Crippen LogP contribution is -2.25. The van der Waals surface area contributed by atoms with Gasteiger partial charge in [0, 0.05) is 22.5 Å². The van der Waals surface area contributed by atoms with Gasteiger partial charge in [0.1, 0.15) is 5.75 Å². The number of carboxylic acids is 1. The third-order valence-electron chi connectivity index (χ3n) is 3.75. The number of ether oxygens (including phenoxy) is 1. The molecule has 1 unspecified atom stereocenters. The van der Waals surface area contributed by atoms with E-state index >= 15 is 0 Å². The van der Waals surface area contributed by atoms with E-state index in [1.54, 1.807) is 7.11 Å². The second-order valence-corrected chi connectivity index (χ2v) is 5.99. The molecule has 0 spiro atoms. The van der Waals surface area contributed by atoms with Crippen molar-refractivity contribution in [3.8, 4) is 5.75 Å². The Morgan fingerprint density at radius 3 is 3.05 bits per heavy atom. The fraction of sp³-hybridized carbons (Fsp3) is 0.533. The molecule has 5 heteroatoms. The normalized spacial score (nSPS) is 19.2. The van der Waals surface area contributed by atoms with Gasteiger partial charge in [0.05, 0.1) is 7.11 Å². The highest BCUT2D eigenvalue weighted by Crippen LogP contribution is 2.38. The van der Waals surface area contributed by atoms with Crippen LogP contribution in [0.15, 0.2) is 22.7 Å². The molecule has 0 amide bonds. The Labute approximate surface area is 127 Å². The maximum atomic E-state index is 10.6. The maximum Gasteiger partial charge on any atom is 0.303 e. The van der Waals surface area contributed by atoms with Crippen molar-refractivity contribution < 1.29 is 14.6 Å². The minimum atomic E-state index is -0.721. The van der Waals surface area contributed by atoms with Crippen LogP contribution >= 0.6 is 15.9 Å². The topological polar surface area (TPSA) is 49.8 Å². The summed E-state index contributed by atoms with van der Waals surface area (Å²) in [5.41, 5.74) is 1.19. The van der Waals surface area contributed by atoms with Crippen molar-refractivity contribution in [3.05, 3.63) is 28.2 Å². The van der Waals surface area contributed by atoms with Gasteiger partial charge in [-0.1, -0.05) is 15.9 Å². The molecule has 0 bridgehead atoms. The van der Waals surface area contributed by atoms with Crippen molar-refractivity contribution >= 4 is 21.9 Å². The Hall–Kier alpha value is -1.07.